The van der Waals surface area contributed by atoms with E-state index in [1.165, 1.54) is 37.4 Å². The maximum Gasteiger partial charge on any atom is 0.190 e. The van der Waals surface area contributed by atoms with Gasteiger partial charge in [-0.15, -0.1) is 0 Å². The van der Waals surface area contributed by atoms with Crippen LogP contribution in [0.15, 0.2) is 47.3 Å². The second kappa shape index (κ2) is 4.94. The lowest BCUT2D eigenvalue weighted by molar-refractivity contribution is 0.374. The summed E-state index contributed by atoms with van der Waals surface area (Å²) in [5.41, 5.74) is 1.52. The maximum absolute atomic E-state index is 13.0. The van der Waals surface area contributed by atoms with Crippen LogP contribution in [-0.4, -0.2) is 17.2 Å². The van der Waals surface area contributed by atoms with Crippen LogP contribution in [0.5, 0.6) is 11.5 Å². The summed E-state index contributed by atoms with van der Waals surface area (Å²) in [6.45, 7) is 0. The Labute approximate surface area is 119 Å². The molecule has 0 aliphatic rings. The third-order valence-corrected chi connectivity index (χ3v) is 3.28. The van der Waals surface area contributed by atoms with Crippen LogP contribution in [0.2, 0.25) is 0 Å². The van der Waals surface area contributed by atoms with E-state index in [0.717, 1.165) is 0 Å². The van der Waals surface area contributed by atoms with Crippen molar-refractivity contribution in [1.82, 2.24) is 4.98 Å². The van der Waals surface area contributed by atoms with Crippen LogP contribution < -0.4 is 10.2 Å². The van der Waals surface area contributed by atoms with Gasteiger partial charge < -0.3 is 14.8 Å². The molecule has 0 spiro atoms. The van der Waals surface area contributed by atoms with Gasteiger partial charge in [0.2, 0.25) is 0 Å². The van der Waals surface area contributed by atoms with Gasteiger partial charge in [0, 0.05) is 23.2 Å². The number of benzene rings is 2. The molecule has 4 nitrogen and oxygen atoms in total. The number of aromatic nitrogens is 1. The lowest BCUT2D eigenvalue weighted by Gasteiger charge is -2.08. The molecular weight excluding hydrogens is 273 g/mol. The van der Waals surface area contributed by atoms with Crippen LogP contribution in [-0.2, 0) is 0 Å². The van der Waals surface area contributed by atoms with Gasteiger partial charge >= 0.3 is 0 Å². The number of rotatable bonds is 2. The summed E-state index contributed by atoms with van der Waals surface area (Å²) in [6, 6.07) is 10.2. The molecule has 0 fully saturated rings. The molecule has 0 saturated carbocycles. The number of methoxy groups -OCH3 is 1. The van der Waals surface area contributed by atoms with Gasteiger partial charge in [-0.3, -0.25) is 4.79 Å². The van der Waals surface area contributed by atoms with Crippen molar-refractivity contribution < 1.29 is 14.2 Å². The predicted octanol–water partition coefficient (Wildman–Crippen LogP) is 3.05. The van der Waals surface area contributed by atoms with Gasteiger partial charge in [-0.2, -0.15) is 0 Å². The van der Waals surface area contributed by atoms with Crippen molar-refractivity contribution in [2.24, 2.45) is 0 Å². The molecule has 3 aromatic rings. The zero-order valence-electron chi connectivity index (χ0n) is 11.2. The van der Waals surface area contributed by atoms with Crippen molar-refractivity contribution in [2.75, 3.05) is 7.11 Å². The Bertz CT molecular complexity index is 869. The third kappa shape index (κ3) is 2.33. The van der Waals surface area contributed by atoms with E-state index in [4.69, 9.17) is 4.74 Å². The molecule has 0 aliphatic heterocycles. The molecule has 106 valence electrons. The number of halogens is 1. The summed E-state index contributed by atoms with van der Waals surface area (Å²) < 4.78 is 17.9. The predicted molar refractivity (Wildman–Crippen MR) is 78.2 cm³/mol. The van der Waals surface area contributed by atoms with Crippen molar-refractivity contribution in [2.45, 2.75) is 0 Å². The molecule has 1 aromatic heterocycles. The number of aromatic amines is 1. The molecule has 0 amide bonds. The molecule has 2 aromatic carbocycles. The Morgan fingerprint density at radius 2 is 1.86 bits per heavy atom. The SMILES string of the molecule is COc1cc2c(=O)cc(-c3ccc(F)cc3)[nH]c2cc1O. The van der Waals surface area contributed by atoms with Crippen molar-refractivity contribution >= 4 is 10.9 Å². The molecule has 1 heterocycles. The number of phenolic OH excluding ortho intramolecular Hbond substituents is 1. The number of hydrogen-bond acceptors (Lipinski definition) is 3. The minimum atomic E-state index is -0.343. The van der Waals surface area contributed by atoms with Gasteiger partial charge in [-0.05, 0) is 35.9 Å². The van der Waals surface area contributed by atoms with Crippen molar-refractivity contribution in [1.29, 1.82) is 0 Å². The Morgan fingerprint density at radius 3 is 2.52 bits per heavy atom. The van der Waals surface area contributed by atoms with Crippen LogP contribution in [0.25, 0.3) is 22.2 Å². The zero-order chi connectivity index (χ0) is 15.0. The van der Waals surface area contributed by atoms with E-state index in [1.54, 1.807) is 12.1 Å². The molecule has 21 heavy (non-hydrogen) atoms. The zero-order valence-corrected chi connectivity index (χ0v) is 11.2. The summed E-state index contributed by atoms with van der Waals surface area (Å²) in [4.78, 5) is 15.2. The first kappa shape index (κ1) is 13.2. The van der Waals surface area contributed by atoms with E-state index in [9.17, 15) is 14.3 Å². The number of hydrogen-bond donors (Lipinski definition) is 2. The first-order valence-electron chi connectivity index (χ1n) is 6.28. The monoisotopic (exact) mass is 285 g/mol. The van der Waals surface area contributed by atoms with Crippen LogP contribution in [0, 0.1) is 5.82 Å². The Kier molecular flexibility index (Phi) is 3.10. The van der Waals surface area contributed by atoms with Gasteiger partial charge in [0.1, 0.15) is 5.82 Å². The Hall–Kier alpha value is -2.82. The fraction of sp³-hybridized carbons (Fsp3) is 0.0625. The molecule has 0 aliphatic carbocycles. The molecule has 0 saturated heterocycles. The molecule has 5 heteroatoms. The second-order valence-corrected chi connectivity index (χ2v) is 4.62. The van der Waals surface area contributed by atoms with Crippen molar-refractivity contribution in [3.63, 3.8) is 0 Å². The van der Waals surface area contributed by atoms with E-state index < -0.39 is 0 Å². The summed E-state index contributed by atoms with van der Waals surface area (Å²) >= 11 is 0. The van der Waals surface area contributed by atoms with Crippen molar-refractivity contribution in [3.05, 3.63) is 58.5 Å². The van der Waals surface area contributed by atoms with Crippen molar-refractivity contribution in [3.8, 4) is 22.8 Å². The average Bonchev–Trinajstić information content (AvgIpc) is 2.47. The molecule has 0 unspecified atom stereocenters. The fourth-order valence-corrected chi connectivity index (χ4v) is 2.21. The standard InChI is InChI=1S/C16H12FNO3/c1-21-16-6-11-13(8-15(16)20)18-12(7-14(11)19)9-2-4-10(17)5-3-9/h2-8,20H,1H3,(H,18,19). The molecule has 2 N–H and O–H groups in total. The van der Waals surface area contributed by atoms with Gasteiger partial charge in [-0.1, -0.05) is 0 Å². The first-order valence-corrected chi connectivity index (χ1v) is 6.28. The van der Waals surface area contributed by atoms with Crippen LogP contribution >= 0.6 is 0 Å². The van der Waals surface area contributed by atoms with Gasteiger partial charge in [-0.25, -0.2) is 4.39 Å². The Morgan fingerprint density at radius 1 is 1.14 bits per heavy atom. The van der Waals surface area contributed by atoms with Crippen LogP contribution in [0.1, 0.15) is 0 Å². The smallest absolute Gasteiger partial charge is 0.190 e. The molecular formula is C16H12FNO3. The van der Waals surface area contributed by atoms with E-state index >= 15 is 0 Å². The first-order chi connectivity index (χ1) is 10.1. The quantitative estimate of drug-likeness (QED) is 0.760. The highest BCUT2D eigenvalue weighted by Gasteiger charge is 2.09. The van der Waals surface area contributed by atoms with Gasteiger partial charge in [0.25, 0.3) is 0 Å². The summed E-state index contributed by atoms with van der Waals surface area (Å²) in [7, 11) is 1.42. The normalized spacial score (nSPS) is 10.8. The number of nitrogens with one attached hydrogen (secondary N) is 1. The minimum Gasteiger partial charge on any atom is -0.504 e. The number of H-pyrrole nitrogens is 1. The third-order valence-electron chi connectivity index (χ3n) is 3.28. The minimum absolute atomic E-state index is 0.0584. The topological polar surface area (TPSA) is 62.3 Å². The number of pyridine rings is 1. The number of fused-ring (bicyclic) bond motifs is 1. The molecule has 0 bridgehead atoms. The maximum atomic E-state index is 13.0. The Balaban J connectivity index is 2.23. The largest absolute Gasteiger partial charge is 0.504 e. The molecule has 0 radical (unpaired) electrons. The summed E-state index contributed by atoms with van der Waals surface area (Å²) in [6.07, 6.45) is 0. The average molecular weight is 285 g/mol. The lowest BCUT2D eigenvalue weighted by Crippen LogP contribution is -2.03. The van der Waals surface area contributed by atoms with Gasteiger partial charge in [0.05, 0.1) is 12.6 Å². The molecule has 3 rings (SSSR count). The fourth-order valence-electron chi connectivity index (χ4n) is 2.21. The van der Waals surface area contributed by atoms with Crippen LogP contribution in [0.3, 0.4) is 0 Å². The highest BCUT2D eigenvalue weighted by Crippen LogP contribution is 2.30. The second-order valence-electron chi connectivity index (χ2n) is 4.62. The van der Waals surface area contributed by atoms with E-state index in [2.05, 4.69) is 4.98 Å². The summed E-state index contributed by atoms with van der Waals surface area (Å²) in [5, 5.41) is 10.2. The number of ether oxygens (including phenoxy) is 1. The highest BCUT2D eigenvalue weighted by molar-refractivity contribution is 5.84. The number of aromatic hydroxyl groups is 1. The van der Waals surface area contributed by atoms with Gasteiger partial charge in [0.15, 0.2) is 16.9 Å². The van der Waals surface area contributed by atoms with Crippen LogP contribution in [0.4, 0.5) is 4.39 Å². The number of phenols is 1. The molecule has 0 atom stereocenters. The van der Waals surface area contributed by atoms with E-state index in [1.807, 2.05) is 0 Å². The summed E-state index contributed by atoms with van der Waals surface area (Å²) in [5.74, 6) is -0.163. The highest BCUT2D eigenvalue weighted by atomic mass is 19.1. The van der Waals surface area contributed by atoms with E-state index in [0.29, 0.717) is 22.2 Å². The lowest BCUT2D eigenvalue weighted by atomic mass is 10.1. The van der Waals surface area contributed by atoms with E-state index in [-0.39, 0.29) is 22.7 Å².